The van der Waals surface area contributed by atoms with Gasteiger partial charge in [0.1, 0.15) is 0 Å². The Morgan fingerprint density at radius 1 is 1.32 bits per heavy atom. The van der Waals surface area contributed by atoms with Crippen LogP contribution in [0.25, 0.3) is 0 Å². The molecule has 19 heavy (non-hydrogen) atoms. The zero-order valence-electron chi connectivity index (χ0n) is 12.5. The summed E-state index contributed by atoms with van der Waals surface area (Å²) in [4.78, 5) is 14.2. The molecule has 0 bridgehead atoms. The molecule has 110 valence electrons. The second-order valence-electron chi connectivity index (χ2n) is 6.95. The van der Waals surface area contributed by atoms with Gasteiger partial charge in [0.15, 0.2) is 0 Å². The lowest BCUT2D eigenvalue weighted by molar-refractivity contribution is 0.0785. The molecule has 0 aromatic carbocycles. The van der Waals surface area contributed by atoms with Crippen molar-refractivity contribution in [3.63, 3.8) is 0 Å². The van der Waals surface area contributed by atoms with Gasteiger partial charge in [-0.05, 0) is 43.9 Å². The fraction of sp³-hybridized carbons (Fsp3) is 0.933. The Labute approximate surface area is 116 Å². The van der Waals surface area contributed by atoms with E-state index in [1.54, 1.807) is 0 Å². The van der Waals surface area contributed by atoms with Crippen molar-refractivity contribution >= 4 is 6.03 Å². The Morgan fingerprint density at radius 2 is 1.95 bits per heavy atom. The molecule has 1 aliphatic carbocycles. The average Bonchev–Trinajstić information content (AvgIpc) is 2.69. The molecule has 1 saturated carbocycles. The molecule has 0 aromatic heterocycles. The quantitative estimate of drug-likeness (QED) is 0.808. The number of carbonyl (C=O) groups is 1. The van der Waals surface area contributed by atoms with Gasteiger partial charge in [-0.15, -0.1) is 0 Å². The molecule has 0 spiro atoms. The third-order valence-electron chi connectivity index (χ3n) is 5.06. The minimum Gasteiger partial charge on any atom is -0.393 e. The maximum atomic E-state index is 12.3. The van der Waals surface area contributed by atoms with E-state index in [9.17, 15) is 9.90 Å². The first-order valence-corrected chi connectivity index (χ1v) is 7.63. The van der Waals surface area contributed by atoms with Gasteiger partial charge in [-0.1, -0.05) is 20.3 Å². The summed E-state index contributed by atoms with van der Waals surface area (Å²) in [5.41, 5.74) is 0.230. The van der Waals surface area contributed by atoms with E-state index in [2.05, 4.69) is 19.2 Å². The number of likely N-dealkylation sites (tertiary alicyclic amines) is 1. The first kappa shape index (κ1) is 14.6. The van der Waals surface area contributed by atoms with Crippen LogP contribution in [-0.4, -0.2) is 41.3 Å². The third-order valence-corrected chi connectivity index (χ3v) is 5.06. The summed E-state index contributed by atoms with van der Waals surface area (Å²) >= 11 is 0. The molecule has 1 heterocycles. The van der Waals surface area contributed by atoms with E-state index in [0.717, 1.165) is 32.4 Å². The van der Waals surface area contributed by atoms with E-state index in [4.69, 9.17) is 0 Å². The van der Waals surface area contributed by atoms with Crippen molar-refractivity contribution in [3.8, 4) is 0 Å². The maximum Gasteiger partial charge on any atom is 0.317 e. The molecular formula is C15H28N2O2. The molecular weight excluding hydrogens is 240 g/mol. The number of aliphatic hydroxyl groups excluding tert-OH is 1. The van der Waals surface area contributed by atoms with Crippen LogP contribution in [0.2, 0.25) is 0 Å². The van der Waals surface area contributed by atoms with Crippen molar-refractivity contribution in [3.05, 3.63) is 0 Å². The van der Waals surface area contributed by atoms with Gasteiger partial charge >= 0.3 is 6.03 Å². The summed E-state index contributed by atoms with van der Waals surface area (Å²) in [6.45, 7) is 7.87. The van der Waals surface area contributed by atoms with Gasteiger partial charge in [0, 0.05) is 19.1 Å². The van der Waals surface area contributed by atoms with Crippen LogP contribution < -0.4 is 5.32 Å². The van der Waals surface area contributed by atoms with E-state index in [-0.39, 0.29) is 17.6 Å². The van der Waals surface area contributed by atoms with E-state index >= 15 is 0 Å². The predicted octanol–water partition coefficient (Wildman–Crippen LogP) is 2.37. The molecule has 4 heteroatoms. The highest BCUT2D eigenvalue weighted by molar-refractivity contribution is 5.74. The van der Waals surface area contributed by atoms with Crippen LogP contribution in [0.1, 0.15) is 52.9 Å². The van der Waals surface area contributed by atoms with Crippen LogP contribution in [0.15, 0.2) is 0 Å². The number of rotatable bonds is 2. The zero-order valence-corrected chi connectivity index (χ0v) is 12.5. The monoisotopic (exact) mass is 268 g/mol. The van der Waals surface area contributed by atoms with Crippen molar-refractivity contribution in [2.75, 3.05) is 13.1 Å². The number of nitrogens with zero attached hydrogens (tertiary/aromatic N) is 1. The van der Waals surface area contributed by atoms with Crippen LogP contribution in [0.4, 0.5) is 4.79 Å². The molecule has 2 N–H and O–H groups in total. The second kappa shape index (κ2) is 5.70. The number of carbonyl (C=O) groups excluding carboxylic acids is 1. The molecule has 2 atom stereocenters. The van der Waals surface area contributed by atoms with Crippen molar-refractivity contribution in [2.45, 2.75) is 65.0 Å². The molecule has 2 rings (SSSR count). The summed E-state index contributed by atoms with van der Waals surface area (Å²) in [6.07, 6.45) is 5.09. The standard InChI is InChI=1S/C15H28N2O2/c1-11(18)12-6-9-17(10-7-12)14(19)16-13-5-4-8-15(13,2)3/h11-13,18H,4-10H2,1-3H3,(H,16,19). The molecule has 0 aromatic rings. The van der Waals surface area contributed by atoms with Gasteiger partial charge in [0.2, 0.25) is 0 Å². The fourth-order valence-electron chi connectivity index (χ4n) is 3.42. The van der Waals surface area contributed by atoms with E-state index in [0.29, 0.717) is 12.0 Å². The number of urea groups is 1. The predicted molar refractivity (Wildman–Crippen MR) is 75.9 cm³/mol. The lowest BCUT2D eigenvalue weighted by atomic mass is 9.87. The number of aliphatic hydroxyl groups is 1. The van der Waals surface area contributed by atoms with E-state index in [1.807, 2.05) is 11.8 Å². The molecule has 4 nitrogen and oxygen atoms in total. The molecule has 1 saturated heterocycles. The minimum absolute atomic E-state index is 0.0871. The third kappa shape index (κ3) is 3.41. The van der Waals surface area contributed by atoms with Gasteiger partial charge in [-0.3, -0.25) is 0 Å². The van der Waals surface area contributed by atoms with Gasteiger partial charge in [0.05, 0.1) is 6.10 Å². The Hall–Kier alpha value is -0.770. The molecule has 2 aliphatic rings. The van der Waals surface area contributed by atoms with E-state index < -0.39 is 0 Å². The first-order chi connectivity index (χ1) is 8.90. The van der Waals surface area contributed by atoms with Crippen molar-refractivity contribution < 1.29 is 9.90 Å². The molecule has 1 aliphatic heterocycles. The lowest BCUT2D eigenvalue weighted by Gasteiger charge is -2.35. The summed E-state index contributed by atoms with van der Waals surface area (Å²) < 4.78 is 0. The van der Waals surface area contributed by atoms with Gasteiger partial charge in [-0.2, -0.15) is 0 Å². The summed E-state index contributed by atoms with van der Waals surface area (Å²) in [5.74, 6) is 0.354. The smallest absolute Gasteiger partial charge is 0.317 e. The average molecular weight is 268 g/mol. The Balaban J connectivity index is 1.82. The highest BCUT2D eigenvalue weighted by Crippen LogP contribution is 2.37. The normalized spacial score (nSPS) is 29.3. The molecule has 0 radical (unpaired) electrons. The number of amides is 2. The number of nitrogens with one attached hydrogen (secondary N) is 1. The molecule has 2 unspecified atom stereocenters. The van der Waals surface area contributed by atoms with Gasteiger partial charge < -0.3 is 15.3 Å². The topological polar surface area (TPSA) is 52.6 Å². The maximum absolute atomic E-state index is 12.3. The number of piperidine rings is 1. The van der Waals surface area contributed by atoms with Gasteiger partial charge in [0.25, 0.3) is 0 Å². The SMILES string of the molecule is CC(O)C1CCN(C(=O)NC2CCCC2(C)C)CC1. The Morgan fingerprint density at radius 3 is 2.42 bits per heavy atom. The van der Waals surface area contributed by atoms with E-state index in [1.165, 1.54) is 12.8 Å². The van der Waals surface area contributed by atoms with Crippen LogP contribution in [-0.2, 0) is 0 Å². The Bertz CT molecular complexity index is 320. The van der Waals surface area contributed by atoms with Crippen molar-refractivity contribution in [2.24, 2.45) is 11.3 Å². The number of hydrogen-bond acceptors (Lipinski definition) is 2. The second-order valence-corrected chi connectivity index (χ2v) is 6.95. The highest BCUT2D eigenvalue weighted by atomic mass is 16.3. The zero-order chi connectivity index (χ0) is 14.0. The van der Waals surface area contributed by atoms with Crippen molar-refractivity contribution in [1.82, 2.24) is 10.2 Å². The van der Waals surface area contributed by atoms with Crippen LogP contribution in [0, 0.1) is 11.3 Å². The van der Waals surface area contributed by atoms with Gasteiger partial charge in [-0.25, -0.2) is 4.79 Å². The van der Waals surface area contributed by atoms with Crippen LogP contribution in [0.3, 0.4) is 0 Å². The lowest BCUT2D eigenvalue weighted by Crippen LogP contribution is -2.51. The summed E-state index contributed by atoms with van der Waals surface area (Å²) in [7, 11) is 0. The summed E-state index contributed by atoms with van der Waals surface area (Å²) in [5, 5.41) is 12.8. The largest absolute Gasteiger partial charge is 0.393 e. The van der Waals surface area contributed by atoms with Crippen LogP contribution in [0.5, 0.6) is 0 Å². The van der Waals surface area contributed by atoms with Crippen molar-refractivity contribution in [1.29, 1.82) is 0 Å². The fourth-order valence-corrected chi connectivity index (χ4v) is 3.42. The minimum atomic E-state index is -0.251. The summed E-state index contributed by atoms with van der Waals surface area (Å²) in [6, 6.07) is 0.401. The first-order valence-electron chi connectivity index (χ1n) is 7.63. The molecule has 2 amide bonds. The molecule has 2 fully saturated rings. The number of hydrogen-bond donors (Lipinski definition) is 2. The van der Waals surface area contributed by atoms with Crippen LogP contribution >= 0.6 is 0 Å². The Kier molecular flexibility index (Phi) is 4.39. The highest BCUT2D eigenvalue weighted by Gasteiger charge is 2.36.